The summed E-state index contributed by atoms with van der Waals surface area (Å²) in [6, 6.07) is 9.41. The van der Waals surface area contributed by atoms with Crippen LogP contribution in [0.4, 0.5) is 0 Å². The average Bonchev–Trinajstić information content (AvgIpc) is 1.90. The normalized spacial score (nSPS) is 7.45. The molecule has 0 aliphatic heterocycles. The van der Waals surface area contributed by atoms with E-state index in [4.69, 9.17) is 23.2 Å². The summed E-state index contributed by atoms with van der Waals surface area (Å²) in [5.41, 5.74) is 0.862. The molecule has 11 heavy (non-hydrogen) atoms. The van der Waals surface area contributed by atoms with Crippen molar-refractivity contribution in [2.75, 3.05) is 0 Å². The van der Waals surface area contributed by atoms with E-state index in [1.54, 1.807) is 0 Å². The Morgan fingerprint density at radius 1 is 1.00 bits per heavy atom. The molecule has 1 aromatic carbocycles. The minimum atomic E-state index is 0. The van der Waals surface area contributed by atoms with Crippen LogP contribution < -0.4 is 12.4 Å². The topological polar surface area (TPSA) is 0 Å². The molecule has 0 atom stereocenters. The molecule has 0 radical (unpaired) electrons. The maximum absolute atomic E-state index is 5.49. The first-order chi connectivity index (χ1) is 4.30. The zero-order valence-electron chi connectivity index (χ0n) is 5.73. The van der Waals surface area contributed by atoms with E-state index in [0.717, 1.165) is 5.56 Å². The number of halogens is 3. The summed E-state index contributed by atoms with van der Waals surface area (Å²) in [6.45, 7) is 0. The van der Waals surface area contributed by atoms with Crippen molar-refractivity contribution >= 4 is 23.2 Å². The van der Waals surface area contributed by atoms with Crippen LogP contribution in [-0.4, -0.2) is 0 Å². The number of hydrogen-bond acceptors (Lipinski definition) is 0. The van der Waals surface area contributed by atoms with Crippen molar-refractivity contribution in [3.05, 3.63) is 40.7 Å². The molecule has 0 amide bonds. The van der Waals surface area contributed by atoms with Crippen molar-refractivity contribution in [1.29, 1.82) is 0 Å². The van der Waals surface area contributed by atoms with E-state index >= 15 is 0 Å². The van der Waals surface area contributed by atoms with E-state index in [-0.39, 0.29) is 31.9 Å². The SMILES string of the molecule is Cl[C-](Cl)c1ccccc1.[Cl-].[Zn+2]. The molecule has 0 aromatic heterocycles. The van der Waals surface area contributed by atoms with E-state index in [0.29, 0.717) is 4.84 Å². The van der Waals surface area contributed by atoms with Gasteiger partial charge in [0.15, 0.2) is 0 Å². The largest absolute Gasteiger partial charge is 2.00 e. The van der Waals surface area contributed by atoms with Gasteiger partial charge in [0, 0.05) is 4.84 Å². The Hall–Kier alpha value is 0.583. The molecule has 0 aliphatic rings. The molecule has 0 saturated carbocycles. The van der Waals surface area contributed by atoms with Crippen LogP contribution in [0, 0.1) is 4.84 Å². The summed E-state index contributed by atoms with van der Waals surface area (Å²) in [6.07, 6.45) is 0. The van der Waals surface area contributed by atoms with Gasteiger partial charge in [0.1, 0.15) is 0 Å². The Balaban J connectivity index is 0. The Bertz CT molecular complexity index is 176. The van der Waals surface area contributed by atoms with Crippen molar-refractivity contribution in [2.45, 2.75) is 0 Å². The van der Waals surface area contributed by atoms with Gasteiger partial charge in [-0.15, -0.1) is 12.1 Å². The first kappa shape index (κ1) is 14.1. The summed E-state index contributed by atoms with van der Waals surface area (Å²) in [5.74, 6) is 0. The van der Waals surface area contributed by atoms with Crippen LogP contribution in [0.3, 0.4) is 0 Å². The van der Waals surface area contributed by atoms with E-state index in [9.17, 15) is 0 Å². The average molecular weight is 261 g/mol. The molecule has 0 unspecified atom stereocenters. The molecule has 4 heteroatoms. The molecule has 0 nitrogen and oxygen atoms in total. The van der Waals surface area contributed by atoms with E-state index in [1.165, 1.54) is 0 Å². The van der Waals surface area contributed by atoms with E-state index in [2.05, 4.69) is 0 Å². The molecule has 56 valence electrons. The van der Waals surface area contributed by atoms with Crippen LogP contribution in [0.25, 0.3) is 0 Å². The quantitative estimate of drug-likeness (QED) is 0.493. The smallest absolute Gasteiger partial charge is 1.00 e. The fourth-order valence-corrected chi connectivity index (χ4v) is 0.816. The molecule has 0 saturated heterocycles. The second-order valence-corrected chi connectivity index (χ2v) is 2.58. The predicted molar refractivity (Wildman–Crippen MR) is 40.5 cm³/mol. The van der Waals surface area contributed by atoms with Crippen molar-refractivity contribution in [2.24, 2.45) is 0 Å². The zero-order valence-corrected chi connectivity index (χ0v) is 11.0. The monoisotopic (exact) mass is 258 g/mol. The van der Waals surface area contributed by atoms with Crippen LogP contribution in [0.2, 0.25) is 0 Å². The molecule has 0 aliphatic carbocycles. The predicted octanol–water partition coefficient (Wildman–Crippen LogP) is 0.00329. The maximum atomic E-state index is 5.49. The van der Waals surface area contributed by atoms with Crippen molar-refractivity contribution < 1.29 is 31.9 Å². The van der Waals surface area contributed by atoms with Crippen molar-refractivity contribution in [3.8, 4) is 0 Å². The minimum Gasteiger partial charge on any atom is -1.00 e. The Morgan fingerprint density at radius 2 is 1.45 bits per heavy atom. The van der Waals surface area contributed by atoms with Crippen LogP contribution in [0.1, 0.15) is 5.56 Å². The standard InChI is InChI=1S/C7H5Cl2.ClH.Zn/c8-7(9)6-4-2-1-3-5-6;;/h1-5H;1H;/q-1;;+2/p-1. The first-order valence-corrected chi connectivity index (χ1v) is 3.29. The summed E-state index contributed by atoms with van der Waals surface area (Å²) < 4.78 is 0. The zero-order chi connectivity index (χ0) is 6.69. The second-order valence-electron chi connectivity index (χ2n) is 1.63. The summed E-state index contributed by atoms with van der Waals surface area (Å²) in [7, 11) is 0. The van der Waals surface area contributed by atoms with Gasteiger partial charge in [-0.2, -0.15) is 40.9 Å². The Kier molecular flexibility index (Phi) is 9.30. The van der Waals surface area contributed by atoms with Gasteiger partial charge in [-0.3, -0.25) is 0 Å². The third-order valence-corrected chi connectivity index (χ3v) is 1.43. The third-order valence-electron chi connectivity index (χ3n) is 0.992. The second kappa shape index (κ2) is 7.24. The van der Waals surface area contributed by atoms with Crippen molar-refractivity contribution in [3.63, 3.8) is 0 Å². The number of rotatable bonds is 1. The van der Waals surface area contributed by atoms with Gasteiger partial charge in [-0.25, -0.2) is 0 Å². The van der Waals surface area contributed by atoms with Gasteiger partial charge >= 0.3 is 19.5 Å². The molecule has 0 fully saturated rings. The van der Waals surface area contributed by atoms with Gasteiger partial charge in [0.05, 0.1) is 0 Å². The third kappa shape index (κ3) is 4.92. The Morgan fingerprint density at radius 3 is 1.73 bits per heavy atom. The Labute approximate surface area is 95.4 Å². The van der Waals surface area contributed by atoms with Crippen LogP contribution in [0.15, 0.2) is 30.3 Å². The molecular weight excluding hydrogens is 256 g/mol. The van der Waals surface area contributed by atoms with E-state index < -0.39 is 0 Å². The molecule has 1 aromatic rings. The maximum Gasteiger partial charge on any atom is 2.00 e. The van der Waals surface area contributed by atoms with Gasteiger partial charge in [-0.05, 0) is 0 Å². The van der Waals surface area contributed by atoms with Crippen molar-refractivity contribution in [1.82, 2.24) is 0 Å². The first-order valence-electron chi connectivity index (χ1n) is 2.54. The van der Waals surface area contributed by atoms with Crippen LogP contribution >= 0.6 is 23.2 Å². The summed E-state index contributed by atoms with van der Waals surface area (Å²) in [5, 5.41) is 0. The molecular formula is C7H5Cl3Zn. The minimum absolute atomic E-state index is 0. The molecule has 0 N–H and O–H groups in total. The summed E-state index contributed by atoms with van der Waals surface area (Å²) in [4.78, 5) is 0.315. The molecule has 0 heterocycles. The molecule has 0 spiro atoms. The molecule has 0 bridgehead atoms. The van der Waals surface area contributed by atoms with Gasteiger partial charge in [0.25, 0.3) is 0 Å². The van der Waals surface area contributed by atoms with Gasteiger partial charge in [0.2, 0.25) is 0 Å². The van der Waals surface area contributed by atoms with E-state index in [1.807, 2.05) is 30.3 Å². The number of hydrogen-bond donors (Lipinski definition) is 0. The fraction of sp³-hybridized carbons (Fsp3) is 0. The summed E-state index contributed by atoms with van der Waals surface area (Å²) >= 11 is 11.0. The number of benzene rings is 1. The van der Waals surface area contributed by atoms with Gasteiger partial charge < -0.3 is 12.4 Å². The molecule has 1 rings (SSSR count). The fourth-order valence-electron chi connectivity index (χ4n) is 0.564. The van der Waals surface area contributed by atoms with Gasteiger partial charge in [-0.1, -0.05) is 6.07 Å². The van der Waals surface area contributed by atoms with Crippen LogP contribution in [-0.2, 0) is 19.5 Å². The van der Waals surface area contributed by atoms with Crippen LogP contribution in [0.5, 0.6) is 0 Å².